The summed E-state index contributed by atoms with van der Waals surface area (Å²) in [5.74, 6) is 0. The van der Waals surface area contributed by atoms with E-state index >= 15 is 0 Å². The van der Waals surface area contributed by atoms with Crippen LogP contribution < -0.4 is 0 Å². The molecule has 1 rings (SSSR count). The molecule has 0 aliphatic carbocycles. The van der Waals surface area contributed by atoms with Crippen LogP contribution in [0.1, 0.15) is 42.5 Å². The molecule has 0 bridgehead atoms. The molecule has 0 atom stereocenters. The normalized spacial score (nSPS) is 10.5. The van der Waals surface area contributed by atoms with Gasteiger partial charge in [-0.1, -0.05) is 32.4 Å². The van der Waals surface area contributed by atoms with Crippen molar-refractivity contribution in [2.24, 2.45) is 0 Å². The summed E-state index contributed by atoms with van der Waals surface area (Å²) in [5.41, 5.74) is 6.08. The first kappa shape index (κ1) is 10.3. The number of aryl methyl sites for hydroxylation is 2. The second kappa shape index (κ2) is 4.45. The molecule has 1 aromatic carbocycles. The van der Waals surface area contributed by atoms with Gasteiger partial charge < -0.3 is 0 Å². The Balaban J connectivity index is 3.18. The van der Waals surface area contributed by atoms with Crippen LogP contribution in [0, 0.1) is 13.8 Å². The van der Waals surface area contributed by atoms with Gasteiger partial charge in [-0.2, -0.15) is 0 Å². The maximum Gasteiger partial charge on any atom is -0.0276 e. The Morgan fingerprint density at radius 1 is 0.923 bits per heavy atom. The Labute approximate surface area is 82.0 Å². The molecular formula is C13H20. The molecule has 1 aromatic rings. The van der Waals surface area contributed by atoms with Gasteiger partial charge in [0.2, 0.25) is 0 Å². The van der Waals surface area contributed by atoms with Crippen LogP contribution in [0.15, 0.2) is 12.1 Å². The zero-order chi connectivity index (χ0) is 9.84. The lowest BCUT2D eigenvalue weighted by Crippen LogP contribution is -1.98. The summed E-state index contributed by atoms with van der Waals surface area (Å²) in [4.78, 5) is 0. The van der Waals surface area contributed by atoms with E-state index < -0.39 is 0 Å². The van der Waals surface area contributed by atoms with Crippen molar-refractivity contribution in [3.8, 4) is 0 Å². The summed E-state index contributed by atoms with van der Waals surface area (Å²) in [7, 11) is 0. The van der Waals surface area contributed by atoms with Gasteiger partial charge in [0.25, 0.3) is 0 Å². The van der Waals surface area contributed by atoms with Gasteiger partial charge in [-0.05, 0) is 48.9 Å². The third kappa shape index (κ3) is 2.12. The molecular weight excluding hydrogens is 156 g/mol. The lowest BCUT2D eigenvalue weighted by molar-refractivity contribution is 0.884. The van der Waals surface area contributed by atoms with E-state index in [1.54, 1.807) is 11.1 Å². The van der Waals surface area contributed by atoms with Crippen molar-refractivity contribution in [1.29, 1.82) is 0 Å². The molecule has 0 nitrogen and oxygen atoms in total. The monoisotopic (exact) mass is 176 g/mol. The van der Waals surface area contributed by atoms with Gasteiger partial charge in [-0.3, -0.25) is 0 Å². The lowest BCUT2D eigenvalue weighted by Gasteiger charge is -2.13. The van der Waals surface area contributed by atoms with Crippen LogP contribution in [0.3, 0.4) is 0 Å². The van der Waals surface area contributed by atoms with Crippen molar-refractivity contribution in [2.75, 3.05) is 0 Å². The minimum absolute atomic E-state index is 1.17. The van der Waals surface area contributed by atoms with Gasteiger partial charge in [0, 0.05) is 0 Å². The molecule has 0 aromatic heterocycles. The van der Waals surface area contributed by atoms with E-state index in [1.807, 2.05) is 0 Å². The van der Waals surface area contributed by atoms with Crippen molar-refractivity contribution in [3.63, 3.8) is 0 Å². The van der Waals surface area contributed by atoms with Gasteiger partial charge >= 0.3 is 0 Å². The molecule has 0 aliphatic rings. The van der Waals surface area contributed by atoms with Crippen LogP contribution in [0.4, 0.5) is 0 Å². The molecule has 0 fully saturated rings. The second-order valence-electron chi connectivity index (χ2n) is 3.76. The van der Waals surface area contributed by atoms with E-state index in [1.165, 1.54) is 30.4 Å². The molecule has 0 heterocycles. The third-order valence-corrected chi connectivity index (χ3v) is 2.75. The summed E-state index contributed by atoms with van der Waals surface area (Å²) in [6.45, 7) is 8.95. The van der Waals surface area contributed by atoms with Gasteiger partial charge in [0.15, 0.2) is 0 Å². The molecule has 13 heavy (non-hydrogen) atoms. The highest BCUT2D eigenvalue weighted by molar-refractivity contribution is 5.40. The molecule has 0 heteroatoms. The highest BCUT2D eigenvalue weighted by Gasteiger charge is 2.05. The van der Waals surface area contributed by atoms with Crippen molar-refractivity contribution in [1.82, 2.24) is 0 Å². The molecule has 0 saturated heterocycles. The SMILES string of the molecule is CCCc1c(C)ccc(C)c1CC. The highest BCUT2D eigenvalue weighted by Crippen LogP contribution is 2.20. The number of hydrogen-bond donors (Lipinski definition) is 0. The van der Waals surface area contributed by atoms with Crippen LogP contribution in [0.2, 0.25) is 0 Å². The summed E-state index contributed by atoms with van der Waals surface area (Å²) < 4.78 is 0. The lowest BCUT2D eigenvalue weighted by atomic mass is 9.93. The molecule has 0 amide bonds. The van der Waals surface area contributed by atoms with E-state index in [0.717, 1.165) is 0 Å². The van der Waals surface area contributed by atoms with Crippen LogP contribution >= 0.6 is 0 Å². The van der Waals surface area contributed by atoms with Crippen LogP contribution in [0.25, 0.3) is 0 Å². The summed E-state index contributed by atoms with van der Waals surface area (Å²) >= 11 is 0. The minimum Gasteiger partial charge on any atom is -0.0651 e. The molecule has 0 radical (unpaired) electrons. The minimum atomic E-state index is 1.17. The van der Waals surface area contributed by atoms with E-state index in [2.05, 4.69) is 39.8 Å². The van der Waals surface area contributed by atoms with Gasteiger partial charge in [-0.15, -0.1) is 0 Å². The number of rotatable bonds is 3. The summed E-state index contributed by atoms with van der Waals surface area (Å²) in [5, 5.41) is 0. The number of hydrogen-bond acceptors (Lipinski definition) is 0. The van der Waals surface area contributed by atoms with Crippen LogP contribution in [0.5, 0.6) is 0 Å². The molecule has 72 valence electrons. The fraction of sp³-hybridized carbons (Fsp3) is 0.538. The van der Waals surface area contributed by atoms with Crippen molar-refractivity contribution >= 4 is 0 Å². The molecule has 0 N–H and O–H groups in total. The van der Waals surface area contributed by atoms with Crippen molar-refractivity contribution in [3.05, 3.63) is 34.4 Å². The van der Waals surface area contributed by atoms with E-state index in [-0.39, 0.29) is 0 Å². The topological polar surface area (TPSA) is 0 Å². The first-order chi connectivity index (χ1) is 6.20. The van der Waals surface area contributed by atoms with E-state index in [0.29, 0.717) is 0 Å². The zero-order valence-electron chi connectivity index (χ0n) is 9.28. The van der Waals surface area contributed by atoms with Gasteiger partial charge in [0.05, 0.1) is 0 Å². The Morgan fingerprint density at radius 3 is 1.92 bits per heavy atom. The average molecular weight is 176 g/mol. The maximum absolute atomic E-state index is 2.25. The van der Waals surface area contributed by atoms with Gasteiger partial charge in [-0.25, -0.2) is 0 Å². The largest absolute Gasteiger partial charge is 0.0651 e. The fourth-order valence-electron chi connectivity index (χ4n) is 2.02. The standard InChI is InChI=1S/C13H20/c1-5-7-13-11(4)9-8-10(3)12(13)6-2/h8-9H,5-7H2,1-4H3. The Kier molecular flexibility index (Phi) is 3.53. The predicted molar refractivity (Wildman–Crippen MR) is 59.3 cm³/mol. The van der Waals surface area contributed by atoms with E-state index in [4.69, 9.17) is 0 Å². The summed E-state index contributed by atoms with van der Waals surface area (Å²) in [6.07, 6.45) is 3.65. The van der Waals surface area contributed by atoms with Crippen molar-refractivity contribution in [2.45, 2.75) is 47.0 Å². The van der Waals surface area contributed by atoms with Crippen LogP contribution in [-0.4, -0.2) is 0 Å². The van der Waals surface area contributed by atoms with Gasteiger partial charge in [0.1, 0.15) is 0 Å². The molecule has 0 saturated carbocycles. The molecule has 0 aliphatic heterocycles. The first-order valence-corrected chi connectivity index (χ1v) is 5.28. The Morgan fingerprint density at radius 2 is 1.46 bits per heavy atom. The average Bonchev–Trinajstić information content (AvgIpc) is 2.12. The van der Waals surface area contributed by atoms with Crippen molar-refractivity contribution < 1.29 is 0 Å². The van der Waals surface area contributed by atoms with E-state index in [9.17, 15) is 0 Å². The smallest absolute Gasteiger partial charge is 0.0276 e. The quantitative estimate of drug-likeness (QED) is 0.657. The first-order valence-electron chi connectivity index (χ1n) is 5.28. The summed E-state index contributed by atoms with van der Waals surface area (Å²) in [6, 6.07) is 4.49. The highest BCUT2D eigenvalue weighted by atomic mass is 14.1. The maximum atomic E-state index is 2.25. The number of benzene rings is 1. The van der Waals surface area contributed by atoms with Crippen LogP contribution in [-0.2, 0) is 12.8 Å². The third-order valence-electron chi connectivity index (χ3n) is 2.75. The predicted octanol–water partition coefficient (Wildman–Crippen LogP) is 3.82. The Bertz CT molecular complexity index is 284. The fourth-order valence-corrected chi connectivity index (χ4v) is 2.02. The molecule has 0 spiro atoms. The second-order valence-corrected chi connectivity index (χ2v) is 3.76. The molecule has 0 unspecified atom stereocenters. The Hall–Kier alpha value is -0.780. The zero-order valence-corrected chi connectivity index (χ0v) is 9.28.